The summed E-state index contributed by atoms with van der Waals surface area (Å²) in [7, 11) is 0. The van der Waals surface area contributed by atoms with Gasteiger partial charge in [-0.05, 0) is 31.0 Å². The fourth-order valence-electron chi connectivity index (χ4n) is 1.30. The first-order valence-electron chi connectivity index (χ1n) is 5.70. The van der Waals surface area contributed by atoms with Gasteiger partial charge in [-0.15, -0.1) is 0 Å². The van der Waals surface area contributed by atoms with Crippen LogP contribution in [0.2, 0.25) is 0 Å². The molecule has 1 aromatic rings. The molecule has 2 N–H and O–H groups in total. The fraction of sp³-hybridized carbons (Fsp3) is 0.417. The van der Waals surface area contributed by atoms with Crippen LogP contribution in [0.5, 0.6) is 0 Å². The first-order chi connectivity index (χ1) is 8.63. The second-order valence-corrected chi connectivity index (χ2v) is 3.64. The van der Waals surface area contributed by atoms with Gasteiger partial charge in [0.25, 0.3) is 0 Å². The molecule has 0 radical (unpaired) electrons. The van der Waals surface area contributed by atoms with Crippen LogP contribution in [0.25, 0.3) is 0 Å². The van der Waals surface area contributed by atoms with Gasteiger partial charge in [0, 0.05) is 18.9 Å². The van der Waals surface area contributed by atoms with E-state index in [1.54, 1.807) is 19.3 Å². The normalized spacial score (nSPS) is 9.67. The third-order valence-corrected chi connectivity index (χ3v) is 2.27. The van der Waals surface area contributed by atoms with E-state index in [1.165, 1.54) is 0 Å². The Morgan fingerprint density at radius 1 is 1.39 bits per heavy atom. The minimum absolute atomic E-state index is 0.130. The molecule has 98 valence electrons. The average Bonchev–Trinajstić information content (AvgIpc) is 2.36. The lowest BCUT2D eigenvalue weighted by atomic mass is 10.1. The Morgan fingerprint density at radius 3 is 2.83 bits per heavy atom. The number of amides is 2. The molecule has 0 aromatic carbocycles. The number of ether oxygens (including phenoxy) is 1. The number of nitrogens with zero attached hydrogens (tertiary/aromatic N) is 1. The molecule has 0 saturated heterocycles. The molecule has 0 saturated carbocycles. The van der Waals surface area contributed by atoms with Crippen molar-refractivity contribution in [1.29, 1.82) is 0 Å². The SMILES string of the molecule is CCOC(=O)CNC(=O)NCc1ccncc1C. The number of carbonyl (C=O) groups excluding carboxylic acids is 2. The van der Waals surface area contributed by atoms with E-state index in [4.69, 9.17) is 0 Å². The summed E-state index contributed by atoms with van der Waals surface area (Å²) in [6.07, 6.45) is 3.40. The minimum Gasteiger partial charge on any atom is -0.465 e. The van der Waals surface area contributed by atoms with Crippen molar-refractivity contribution in [3.8, 4) is 0 Å². The van der Waals surface area contributed by atoms with Gasteiger partial charge in [-0.25, -0.2) is 4.79 Å². The standard InChI is InChI=1S/C12H17N3O3/c1-3-18-11(16)8-15-12(17)14-7-10-4-5-13-6-9(10)2/h4-6H,3,7-8H2,1-2H3,(H2,14,15,17). The number of aromatic nitrogens is 1. The van der Waals surface area contributed by atoms with Crippen LogP contribution in [0.1, 0.15) is 18.1 Å². The Hall–Kier alpha value is -2.11. The summed E-state index contributed by atoms with van der Waals surface area (Å²) < 4.78 is 4.68. The maximum atomic E-state index is 11.4. The smallest absolute Gasteiger partial charge is 0.325 e. The van der Waals surface area contributed by atoms with Gasteiger partial charge in [0.2, 0.25) is 0 Å². The van der Waals surface area contributed by atoms with Crippen LogP contribution < -0.4 is 10.6 Å². The summed E-state index contributed by atoms with van der Waals surface area (Å²) in [4.78, 5) is 26.4. The lowest BCUT2D eigenvalue weighted by Gasteiger charge is -2.08. The van der Waals surface area contributed by atoms with E-state index in [1.807, 2.05) is 13.0 Å². The van der Waals surface area contributed by atoms with Gasteiger partial charge in [0.05, 0.1) is 6.61 Å². The monoisotopic (exact) mass is 251 g/mol. The largest absolute Gasteiger partial charge is 0.465 e. The molecule has 1 rings (SSSR count). The Bertz CT molecular complexity index is 421. The zero-order valence-electron chi connectivity index (χ0n) is 10.5. The lowest BCUT2D eigenvalue weighted by Crippen LogP contribution is -2.38. The third-order valence-electron chi connectivity index (χ3n) is 2.27. The molecule has 1 heterocycles. The van der Waals surface area contributed by atoms with Crippen LogP contribution in [0.15, 0.2) is 18.5 Å². The number of rotatable bonds is 5. The highest BCUT2D eigenvalue weighted by Crippen LogP contribution is 2.03. The number of nitrogens with one attached hydrogen (secondary N) is 2. The number of hydrogen-bond acceptors (Lipinski definition) is 4. The lowest BCUT2D eigenvalue weighted by molar-refractivity contribution is -0.141. The molecule has 0 unspecified atom stereocenters. The molecule has 6 nitrogen and oxygen atoms in total. The van der Waals surface area contributed by atoms with Gasteiger partial charge in [-0.3, -0.25) is 9.78 Å². The van der Waals surface area contributed by atoms with Crippen molar-refractivity contribution in [1.82, 2.24) is 15.6 Å². The number of urea groups is 1. The summed E-state index contributed by atoms with van der Waals surface area (Å²) in [6.45, 7) is 4.20. The van der Waals surface area contributed by atoms with E-state index in [2.05, 4.69) is 20.4 Å². The molecular weight excluding hydrogens is 234 g/mol. The second-order valence-electron chi connectivity index (χ2n) is 3.64. The molecule has 1 aromatic heterocycles. The van der Waals surface area contributed by atoms with Crippen molar-refractivity contribution < 1.29 is 14.3 Å². The van der Waals surface area contributed by atoms with E-state index in [0.29, 0.717) is 13.2 Å². The van der Waals surface area contributed by atoms with Gasteiger partial charge in [-0.2, -0.15) is 0 Å². The van der Waals surface area contributed by atoms with E-state index in [9.17, 15) is 9.59 Å². The zero-order chi connectivity index (χ0) is 13.4. The topological polar surface area (TPSA) is 80.3 Å². The quantitative estimate of drug-likeness (QED) is 0.757. The summed E-state index contributed by atoms with van der Waals surface area (Å²) in [5.74, 6) is -0.451. The van der Waals surface area contributed by atoms with E-state index >= 15 is 0 Å². The molecule has 18 heavy (non-hydrogen) atoms. The van der Waals surface area contributed by atoms with Crippen molar-refractivity contribution in [2.75, 3.05) is 13.2 Å². The number of carbonyl (C=O) groups is 2. The Labute approximate surface area is 106 Å². The van der Waals surface area contributed by atoms with Gasteiger partial charge >= 0.3 is 12.0 Å². The number of pyridine rings is 1. The van der Waals surface area contributed by atoms with E-state index < -0.39 is 12.0 Å². The molecule has 6 heteroatoms. The minimum atomic E-state index is -0.451. The zero-order valence-corrected chi connectivity index (χ0v) is 10.5. The summed E-state index contributed by atoms with van der Waals surface area (Å²) >= 11 is 0. The molecular formula is C12H17N3O3. The Morgan fingerprint density at radius 2 is 2.17 bits per heavy atom. The van der Waals surface area contributed by atoms with Gasteiger partial charge in [0.1, 0.15) is 6.54 Å². The molecule has 0 aliphatic heterocycles. The first-order valence-corrected chi connectivity index (χ1v) is 5.70. The third kappa shape index (κ3) is 4.82. The molecule has 0 aliphatic carbocycles. The number of aryl methyl sites for hydroxylation is 1. The summed E-state index contributed by atoms with van der Waals surface area (Å²) in [6, 6.07) is 1.43. The summed E-state index contributed by atoms with van der Waals surface area (Å²) in [5, 5.41) is 5.07. The summed E-state index contributed by atoms with van der Waals surface area (Å²) in [5.41, 5.74) is 1.99. The van der Waals surface area contributed by atoms with Crippen LogP contribution in [-0.4, -0.2) is 30.1 Å². The first kappa shape index (κ1) is 14.0. The Balaban J connectivity index is 2.29. The molecule has 0 spiro atoms. The predicted octanol–water partition coefficient (Wildman–Crippen LogP) is 0.752. The predicted molar refractivity (Wildman–Crippen MR) is 65.8 cm³/mol. The highest BCUT2D eigenvalue weighted by molar-refractivity contribution is 5.80. The highest BCUT2D eigenvalue weighted by atomic mass is 16.5. The maximum absolute atomic E-state index is 11.4. The van der Waals surface area contributed by atoms with Crippen LogP contribution in [0.3, 0.4) is 0 Å². The van der Waals surface area contributed by atoms with Crippen molar-refractivity contribution in [2.45, 2.75) is 20.4 Å². The van der Waals surface area contributed by atoms with Crippen molar-refractivity contribution in [2.24, 2.45) is 0 Å². The van der Waals surface area contributed by atoms with Crippen LogP contribution in [-0.2, 0) is 16.1 Å². The highest BCUT2D eigenvalue weighted by Gasteiger charge is 2.05. The molecule has 0 atom stereocenters. The second kappa shape index (κ2) is 7.26. The van der Waals surface area contributed by atoms with Crippen molar-refractivity contribution in [3.05, 3.63) is 29.6 Å². The number of hydrogen-bond donors (Lipinski definition) is 2. The van der Waals surface area contributed by atoms with Gasteiger partial charge in [-0.1, -0.05) is 0 Å². The van der Waals surface area contributed by atoms with Crippen LogP contribution in [0, 0.1) is 6.92 Å². The molecule has 0 fully saturated rings. The van der Waals surface area contributed by atoms with E-state index in [0.717, 1.165) is 11.1 Å². The van der Waals surface area contributed by atoms with Crippen molar-refractivity contribution in [3.63, 3.8) is 0 Å². The maximum Gasteiger partial charge on any atom is 0.325 e. The van der Waals surface area contributed by atoms with Gasteiger partial charge < -0.3 is 15.4 Å². The molecule has 0 bridgehead atoms. The van der Waals surface area contributed by atoms with E-state index in [-0.39, 0.29) is 6.54 Å². The average molecular weight is 251 g/mol. The van der Waals surface area contributed by atoms with Gasteiger partial charge in [0.15, 0.2) is 0 Å². The molecule has 0 aliphatic rings. The Kier molecular flexibility index (Phi) is 5.63. The molecule has 2 amide bonds. The fourth-order valence-corrected chi connectivity index (χ4v) is 1.30. The number of esters is 1. The van der Waals surface area contributed by atoms with Crippen LogP contribution >= 0.6 is 0 Å². The van der Waals surface area contributed by atoms with Crippen molar-refractivity contribution >= 4 is 12.0 Å². The van der Waals surface area contributed by atoms with Crippen LogP contribution in [0.4, 0.5) is 4.79 Å².